The molecule has 0 bridgehead atoms. The van der Waals surface area contributed by atoms with E-state index in [0.717, 1.165) is 18.5 Å². The molecule has 0 aliphatic rings. The van der Waals surface area contributed by atoms with Crippen LogP contribution in [0, 0.1) is 6.92 Å². The Hall–Kier alpha value is -3.32. The first-order valence-electron chi connectivity index (χ1n) is 9.72. The Morgan fingerprint density at radius 2 is 2.07 bits per heavy atom. The van der Waals surface area contributed by atoms with Crippen LogP contribution < -0.4 is 10.6 Å². The predicted molar refractivity (Wildman–Crippen MR) is 120 cm³/mol. The summed E-state index contributed by atoms with van der Waals surface area (Å²) in [5.74, 6) is 1.65. The van der Waals surface area contributed by atoms with E-state index in [2.05, 4.69) is 62.1 Å². The molecule has 8 heteroatoms. The van der Waals surface area contributed by atoms with E-state index in [1.165, 1.54) is 22.0 Å². The van der Waals surface area contributed by atoms with E-state index in [1.807, 2.05) is 12.1 Å². The number of aromatic amines is 1. The Balaban J connectivity index is 1.31. The zero-order valence-corrected chi connectivity index (χ0v) is 17.6. The van der Waals surface area contributed by atoms with E-state index in [-0.39, 0.29) is 0 Å². The van der Waals surface area contributed by atoms with Crippen LogP contribution in [0.5, 0.6) is 0 Å². The molecule has 154 valence electrons. The molecule has 0 saturated heterocycles. The van der Waals surface area contributed by atoms with Crippen molar-refractivity contribution < 1.29 is 4.52 Å². The molecule has 30 heavy (non-hydrogen) atoms. The summed E-state index contributed by atoms with van der Waals surface area (Å²) in [7, 11) is 1.73. The molecule has 7 nitrogen and oxygen atoms in total. The van der Waals surface area contributed by atoms with Gasteiger partial charge in [0.25, 0.3) is 0 Å². The maximum atomic E-state index is 6.02. The van der Waals surface area contributed by atoms with Gasteiger partial charge in [0.2, 0.25) is 11.7 Å². The zero-order valence-electron chi connectivity index (χ0n) is 16.9. The topological polar surface area (TPSA) is 91.1 Å². The number of aryl methyl sites for hydroxylation is 1. The van der Waals surface area contributed by atoms with Gasteiger partial charge in [0.15, 0.2) is 5.96 Å². The first-order valence-corrected chi connectivity index (χ1v) is 10.1. The van der Waals surface area contributed by atoms with Crippen molar-refractivity contribution >= 4 is 28.5 Å². The summed E-state index contributed by atoms with van der Waals surface area (Å²) in [6.45, 7) is 3.24. The number of H-pyrrole nitrogens is 1. The van der Waals surface area contributed by atoms with Gasteiger partial charge in [-0.15, -0.1) is 0 Å². The van der Waals surface area contributed by atoms with E-state index in [0.29, 0.717) is 29.2 Å². The molecule has 4 aromatic rings. The minimum absolute atomic E-state index is 0.375. The number of guanidine groups is 1. The van der Waals surface area contributed by atoms with Crippen molar-refractivity contribution in [2.75, 3.05) is 13.6 Å². The van der Waals surface area contributed by atoms with Crippen molar-refractivity contribution in [2.24, 2.45) is 4.99 Å². The monoisotopic (exact) mass is 422 g/mol. The number of hydrogen-bond donors (Lipinski definition) is 3. The van der Waals surface area contributed by atoms with Gasteiger partial charge in [0, 0.05) is 41.3 Å². The van der Waals surface area contributed by atoms with Crippen LogP contribution in [0.25, 0.3) is 22.3 Å². The lowest BCUT2D eigenvalue weighted by Gasteiger charge is -2.10. The molecule has 0 aliphatic carbocycles. The van der Waals surface area contributed by atoms with Gasteiger partial charge in [-0.3, -0.25) is 4.99 Å². The molecule has 0 unspecified atom stereocenters. The Bertz CT molecular complexity index is 1180. The minimum Gasteiger partial charge on any atom is -0.361 e. The number of hydrogen-bond acceptors (Lipinski definition) is 4. The first kappa shape index (κ1) is 20.0. The number of aliphatic imine (C=N–C) groups is 1. The number of nitrogens with zero attached hydrogens (tertiary/aromatic N) is 3. The lowest BCUT2D eigenvalue weighted by atomic mass is 10.1. The number of benzene rings is 2. The molecular formula is C22H23ClN6O. The van der Waals surface area contributed by atoms with Crippen LogP contribution in [0.3, 0.4) is 0 Å². The number of rotatable bonds is 6. The van der Waals surface area contributed by atoms with Gasteiger partial charge in [-0.25, -0.2) is 0 Å². The third-order valence-electron chi connectivity index (χ3n) is 4.88. The van der Waals surface area contributed by atoms with Crippen LogP contribution in [0.4, 0.5) is 0 Å². The Morgan fingerprint density at radius 3 is 2.90 bits per heavy atom. The van der Waals surface area contributed by atoms with Crippen molar-refractivity contribution in [1.82, 2.24) is 25.8 Å². The highest BCUT2D eigenvalue weighted by molar-refractivity contribution is 6.30. The average Bonchev–Trinajstić information content (AvgIpc) is 3.39. The maximum absolute atomic E-state index is 6.02. The molecule has 3 N–H and O–H groups in total. The van der Waals surface area contributed by atoms with Crippen molar-refractivity contribution in [3.05, 3.63) is 70.7 Å². The number of aromatic nitrogens is 3. The summed E-state index contributed by atoms with van der Waals surface area (Å²) in [5.41, 5.74) is 4.54. The summed E-state index contributed by atoms with van der Waals surface area (Å²) in [4.78, 5) is 12.0. The van der Waals surface area contributed by atoms with E-state index in [1.54, 1.807) is 19.2 Å². The van der Waals surface area contributed by atoms with Crippen LogP contribution in [-0.4, -0.2) is 34.7 Å². The average molecular weight is 423 g/mol. The van der Waals surface area contributed by atoms with E-state index < -0.39 is 0 Å². The van der Waals surface area contributed by atoms with Crippen molar-refractivity contribution in [1.29, 1.82) is 0 Å². The fraction of sp³-hybridized carbons (Fsp3) is 0.227. The SMILES string of the molecule is CN=C(NCCc1c[nH]c2c(C)cccc12)NCc1nc(-c2cccc(Cl)c2)no1. The molecule has 0 radical (unpaired) electrons. The van der Waals surface area contributed by atoms with Gasteiger partial charge in [-0.2, -0.15) is 4.98 Å². The summed E-state index contributed by atoms with van der Waals surface area (Å²) < 4.78 is 5.32. The smallest absolute Gasteiger partial charge is 0.246 e. The second kappa shape index (κ2) is 9.00. The highest BCUT2D eigenvalue weighted by atomic mass is 35.5. The predicted octanol–water partition coefficient (Wildman–Crippen LogP) is 4.09. The van der Waals surface area contributed by atoms with Crippen LogP contribution in [0.15, 0.2) is 58.2 Å². The highest BCUT2D eigenvalue weighted by Gasteiger charge is 2.10. The molecule has 0 saturated carbocycles. The van der Waals surface area contributed by atoms with Gasteiger partial charge in [0.05, 0.1) is 6.54 Å². The minimum atomic E-state index is 0.375. The molecular weight excluding hydrogens is 400 g/mol. The van der Waals surface area contributed by atoms with Crippen molar-refractivity contribution in [2.45, 2.75) is 19.9 Å². The van der Waals surface area contributed by atoms with Crippen LogP contribution in [-0.2, 0) is 13.0 Å². The molecule has 0 fully saturated rings. The molecule has 4 rings (SSSR count). The summed E-state index contributed by atoms with van der Waals surface area (Å²) >= 11 is 6.02. The molecule has 0 amide bonds. The standard InChI is InChI=1S/C22H23ClN6O/c1-14-5-3-8-18-16(12-26-20(14)18)9-10-25-22(24-2)27-13-19-28-21(29-30-19)15-6-4-7-17(23)11-15/h3-8,11-12,26H,9-10,13H2,1-2H3,(H2,24,25,27). The Labute approximate surface area is 179 Å². The molecule has 2 aromatic carbocycles. The number of para-hydroxylation sites is 1. The summed E-state index contributed by atoms with van der Waals surface area (Å²) in [6.07, 6.45) is 2.95. The molecule has 2 heterocycles. The molecule has 0 spiro atoms. The number of fused-ring (bicyclic) bond motifs is 1. The fourth-order valence-electron chi connectivity index (χ4n) is 3.34. The second-order valence-corrected chi connectivity index (χ2v) is 7.37. The van der Waals surface area contributed by atoms with Gasteiger partial charge in [-0.1, -0.05) is 47.1 Å². The van der Waals surface area contributed by atoms with Crippen molar-refractivity contribution in [3.8, 4) is 11.4 Å². The number of halogens is 1. The second-order valence-electron chi connectivity index (χ2n) is 6.94. The lowest BCUT2D eigenvalue weighted by molar-refractivity contribution is 0.375. The fourth-order valence-corrected chi connectivity index (χ4v) is 3.53. The van der Waals surface area contributed by atoms with Crippen LogP contribution in [0.1, 0.15) is 17.0 Å². The number of nitrogens with one attached hydrogen (secondary N) is 3. The quantitative estimate of drug-likeness (QED) is 0.321. The lowest BCUT2D eigenvalue weighted by Crippen LogP contribution is -2.37. The Morgan fingerprint density at radius 1 is 1.20 bits per heavy atom. The summed E-state index contributed by atoms with van der Waals surface area (Å²) in [5, 5.41) is 12.4. The normalized spacial score (nSPS) is 11.8. The summed E-state index contributed by atoms with van der Waals surface area (Å²) in [6, 6.07) is 13.7. The van der Waals surface area contributed by atoms with E-state index in [9.17, 15) is 0 Å². The van der Waals surface area contributed by atoms with Crippen LogP contribution >= 0.6 is 11.6 Å². The van der Waals surface area contributed by atoms with Gasteiger partial charge in [0.1, 0.15) is 0 Å². The maximum Gasteiger partial charge on any atom is 0.246 e. The van der Waals surface area contributed by atoms with Gasteiger partial charge < -0.3 is 20.1 Å². The highest BCUT2D eigenvalue weighted by Crippen LogP contribution is 2.21. The third-order valence-corrected chi connectivity index (χ3v) is 5.11. The van der Waals surface area contributed by atoms with E-state index >= 15 is 0 Å². The molecule has 2 aromatic heterocycles. The molecule has 0 atom stereocenters. The third kappa shape index (κ3) is 4.46. The largest absolute Gasteiger partial charge is 0.361 e. The van der Waals surface area contributed by atoms with E-state index in [4.69, 9.17) is 16.1 Å². The first-order chi connectivity index (χ1) is 14.6. The zero-order chi connectivity index (χ0) is 20.9. The Kier molecular flexibility index (Phi) is 5.99. The van der Waals surface area contributed by atoms with Gasteiger partial charge in [-0.05, 0) is 36.6 Å². The van der Waals surface area contributed by atoms with Gasteiger partial charge >= 0.3 is 0 Å². The molecule has 0 aliphatic heterocycles. The van der Waals surface area contributed by atoms with Crippen LogP contribution in [0.2, 0.25) is 5.02 Å². The van der Waals surface area contributed by atoms with Crippen molar-refractivity contribution in [3.63, 3.8) is 0 Å².